The molecule has 3 aromatic carbocycles. The minimum Gasteiger partial charge on any atom is -0.276 e. The summed E-state index contributed by atoms with van der Waals surface area (Å²) in [5.74, 6) is 0.651. The van der Waals surface area contributed by atoms with Gasteiger partial charge in [-0.2, -0.15) is 0 Å². The van der Waals surface area contributed by atoms with Crippen LogP contribution in [0.15, 0.2) is 97.5 Å². The summed E-state index contributed by atoms with van der Waals surface area (Å²) >= 11 is 1.82. The standard InChI is InChI=1S/C27H16N4S/c1-2-7-17(8-3-1)18-15-29-27(30-16-18)31-21-13-12-20-19-9-4-5-11-23(19)32-26(20)24(21)25-22(31)10-6-14-28-25/h1-16H. The molecule has 0 amide bonds. The van der Waals surface area contributed by atoms with Crippen LogP contribution in [-0.2, 0) is 0 Å². The molecule has 0 atom stereocenters. The Morgan fingerprint density at radius 2 is 1.44 bits per heavy atom. The van der Waals surface area contributed by atoms with E-state index in [1.807, 2.05) is 54.2 Å². The van der Waals surface area contributed by atoms with Crippen molar-refractivity contribution in [3.05, 3.63) is 97.5 Å². The first-order valence-corrected chi connectivity index (χ1v) is 11.3. The van der Waals surface area contributed by atoms with E-state index in [0.717, 1.165) is 33.1 Å². The van der Waals surface area contributed by atoms with E-state index in [0.29, 0.717) is 5.95 Å². The third-order valence-electron chi connectivity index (χ3n) is 5.98. The Hall–Kier alpha value is -4.09. The molecule has 0 saturated heterocycles. The van der Waals surface area contributed by atoms with Crippen molar-refractivity contribution in [3.63, 3.8) is 0 Å². The van der Waals surface area contributed by atoms with Crippen molar-refractivity contribution in [2.24, 2.45) is 0 Å². The number of nitrogens with zero attached hydrogens (tertiary/aromatic N) is 4. The second-order valence-corrected chi connectivity index (χ2v) is 8.83. The fourth-order valence-electron chi connectivity index (χ4n) is 4.53. The molecule has 0 radical (unpaired) electrons. The summed E-state index contributed by atoms with van der Waals surface area (Å²) in [5.41, 5.74) is 5.18. The lowest BCUT2D eigenvalue weighted by Crippen LogP contribution is -2.00. The molecule has 7 aromatic rings. The highest BCUT2D eigenvalue weighted by atomic mass is 32.1. The van der Waals surface area contributed by atoms with Gasteiger partial charge < -0.3 is 0 Å². The predicted octanol–water partition coefficient (Wildman–Crippen LogP) is 7.00. The fourth-order valence-corrected chi connectivity index (χ4v) is 5.77. The van der Waals surface area contributed by atoms with Gasteiger partial charge in [0.05, 0.1) is 16.6 Å². The van der Waals surface area contributed by atoms with E-state index in [-0.39, 0.29) is 0 Å². The summed E-state index contributed by atoms with van der Waals surface area (Å²) in [6.45, 7) is 0. The molecular weight excluding hydrogens is 412 g/mol. The molecule has 0 bridgehead atoms. The lowest BCUT2D eigenvalue weighted by atomic mass is 10.1. The van der Waals surface area contributed by atoms with Gasteiger partial charge in [-0.3, -0.25) is 9.55 Å². The molecule has 0 N–H and O–H groups in total. The van der Waals surface area contributed by atoms with Crippen LogP contribution in [0.25, 0.3) is 59.2 Å². The quantitative estimate of drug-likeness (QED) is 0.298. The van der Waals surface area contributed by atoms with Crippen molar-refractivity contribution in [1.82, 2.24) is 19.5 Å². The molecule has 7 rings (SSSR count). The third-order valence-corrected chi connectivity index (χ3v) is 7.18. The maximum atomic E-state index is 4.77. The minimum absolute atomic E-state index is 0.651. The Morgan fingerprint density at radius 3 is 2.31 bits per heavy atom. The van der Waals surface area contributed by atoms with Gasteiger partial charge in [-0.05, 0) is 29.8 Å². The number of benzene rings is 3. The zero-order valence-corrected chi connectivity index (χ0v) is 17.8. The van der Waals surface area contributed by atoms with Gasteiger partial charge in [-0.1, -0.05) is 54.6 Å². The minimum atomic E-state index is 0.651. The van der Waals surface area contributed by atoms with Crippen LogP contribution in [-0.4, -0.2) is 19.5 Å². The van der Waals surface area contributed by atoms with Gasteiger partial charge in [-0.25, -0.2) is 9.97 Å². The van der Waals surface area contributed by atoms with Crippen molar-refractivity contribution >= 4 is 53.4 Å². The van der Waals surface area contributed by atoms with Crippen LogP contribution in [0.3, 0.4) is 0 Å². The van der Waals surface area contributed by atoms with Crippen molar-refractivity contribution in [1.29, 1.82) is 0 Å². The normalized spacial score (nSPS) is 11.8. The van der Waals surface area contributed by atoms with E-state index in [1.54, 1.807) is 0 Å². The second-order valence-electron chi connectivity index (χ2n) is 7.78. The maximum Gasteiger partial charge on any atom is 0.234 e. The molecule has 0 spiro atoms. The largest absolute Gasteiger partial charge is 0.276 e. The molecule has 4 heterocycles. The summed E-state index contributed by atoms with van der Waals surface area (Å²) in [7, 11) is 0. The summed E-state index contributed by atoms with van der Waals surface area (Å²) in [5, 5.41) is 3.72. The van der Waals surface area contributed by atoms with Gasteiger partial charge in [0.15, 0.2) is 0 Å². The van der Waals surface area contributed by atoms with Crippen molar-refractivity contribution in [3.8, 4) is 17.1 Å². The Bertz CT molecular complexity index is 1760. The van der Waals surface area contributed by atoms with Crippen LogP contribution in [0, 0.1) is 0 Å². The Labute approximate surface area is 187 Å². The number of aromatic nitrogens is 4. The lowest BCUT2D eigenvalue weighted by Gasteiger charge is -2.07. The summed E-state index contributed by atoms with van der Waals surface area (Å²) in [6, 6.07) is 27.2. The predicted molar refractivity (Wildman–Crippen MR) is 132 cm³/mol. The number of thiophene rings is 1. The molecule has 32 heavy (non-hydrogen) atoms. The number of hydrogen-bond donors (Lipinski definition) is 0. The SMILES string of the molecule is c1ccc(-c2cnc(-n3c4cccnc4c4c5sc6ccccc6c5ccc43)nc2)cc1. The van der Waals surface area contributed by atoms with E-state index < -0.39 is 0 Å². The van der Waals surface area contributed by atoms with Crippen molar-refractivity contribution in [2.45, 2.75) is 0 Å². The average Bonchev–Trinajstić information content (AvgIpc) is 3.40. The molecule has 0 aliphatic rings. The van der Waals surface area contributed by atoms with Crippen LogP contribution in [0.1, 0.15) is 0 Å². The monoisotopic (exact) mass is 428 g/mol. The van der Waals surface area contributed by atoms with Crippen molar-refractivity contribution in [2.75, 3.05) is 0 Å². The maximum absolute atomic E-state index is 4.77. The van der Waals surface area contributed by atoms with Crippen molar-refractivity contribution < 1.29 is 0 Å². The topological polar surface area (TPSA) is 43.6 Å². The van der Waals surface area contributed by atoms with E-state index in [9.17, 15) is 0 Å². The molecular formula is C27H16N4S. The van der Waals surface area contributed by atoms with Gasteiger partial charge in [0.1, 0.15) is 0 Å². The van der Waals surface area contributed by atoms with Gasteiger partial charge >= 0.3 is 0 Å². The second kappa shape index (κ2) is 6.70. The molecule has 4 aromatic heterocycles. The smallest absolute Gasteiger partial charge is 0.234 e. The Kier molecular flexibility index (Phi) is 3.68. The Balaban J connectivity index is 1.53. The molecule has 5 heteroatoms. The van der Waals surface area contributed by atoms with E-state index in [1.165, 1.54) is 20.2 Å². The van der Waals surface area contributed by atoms with Crippen LogP contribution in [0.5, 0.6) is 0 Å². The van der Waals surface area contributed by atoms with E-state index in [2.05, 4.69) is 59.2 Å². The summed E-state index contributed by atoms with van der Waals surface area (Å²) < 4.78 is 4.67. The van der Waals surface area contributed by atoms with Gasteiger partial charge in [0.25, 0.3) is 0 Å². The van der Waals surface area contributed by atoms with Gasteiger partial charge in [0, 0.05) is 49.7 Å². The third kappa shape index (κ3) is 2.46. The number of pyridine rings is 1. The highest BCUT2D eigenvalue weighted by molar-refractivity contribution is 7.26. The Morgan fingerprint density at radius 1 is 0.625 bits per heavy atom. The molecule has 0 unspecified atom stereocenters. The first-order chi connectivity index (χ1) is 15.9. The average molecular weight is 429 g/mol. The van der Waals surface area contributed by atoms with Crippen LogP contribution in [0.4, 0.5) is 0 Å². The molecule has 0 fully saturated rings. The first-order valence-electron chi connectivity index (χ1n) is 10.5. The first kappa shape index (κ1) is 17.6. The fraction of sp³-hybridized carbons (Fsp3) is 0. The van der Waals surface area contributed by atoms with Crippen LogP contribution < -0.4 is 0 Å². The van der Waals surface area contributed by atoms with Gasteiger partial charge in [-0.15, -0.1) is 11.3 Å². The molecule has 150 valence electrons. The molecule has 0 aliphatic carbocycles. The lowest BCUT2D eigenvalue weighted by molar-refractivity contribution is 0.989. The summed E-state index contributed by atoms with van der Waals surface area (Å²) in [4.78, 5) is 14.3. The molecule has 0 saturated carbocycles. The number of rotatable bonds is 2. The zero-order valence-electron chi connectivity index (χ0n) is 16.9. The van der Waals surface area contributed by atoms with Gasteiger partial charge in [0.2, 0.25) is 5.95 Å². The molecule has 0 aliphatic heterocycles. The summed E-state index contributed by atoms with van der Waals surface area (Å²) in [6.07, 6.45) is 5.64. The van der Waals surface area contributed by atoms with E-state index >= 15 is 0 Å². The van der Waals surface area contributed by atoms with E-state index in [4.69, 9.17) is 15.0 Å². The van der Waals surface area contributed by atoms with Crippen LogP contribution >= 0.6 is 11.3 Å². The molecule has 4 nitrogen and oxygen atoms in total. The highest BCUT2D eigenvalue weighted by Crippen LogP contribution is 2.42. The number of fused-ring (bicyclic) bond motifs is 7. The highest BCUT2D eigenvalue weighted by Gasteiger charge is 2.19. The number of hydrogen-bond acceptors (Lipinski definition) is 4. The van der Waals surface area contributed by atoms with Crippen LogP contribution in [0.2, 0.25) is 0 Å². The zero-order chi connectivity index (χ0) is 21.1.